The summed E-state index contributed by atoms with van der Waals surface area (Å²) in [6, 6.07) is 4.61. The number of aromatic amines is 1. The van der Waals surface area contributed by atoms with E-state index in [0.29, 0.717) is 0 Å². The van der Waals surface area contributed by atoms with Crippen molar-refractivity contribution in [1.82, 2.24) is 15.6 Å². The monoisotopic (exact) mass is 446 g/mol. The number of hydrogen-bond donors (Lipinski definition) is 7. The second kappa shape index (κ2) is 9.68. The first kappa shape index (κ1) is 25.3. The largest absolute Gasteiger partial charge is 0.480 e. The molecule has 0 aliphatic rings. The number of carboxylic acids is 1. The molecule has 10 N–H and O–H groups in total. The lowest BCUT2D eigenvalue weighted by atomic mass is 9.81. The number of aromatic nitrogens is 1. The molecule has 10 nitrogen and oxygen atoms in total. The van der Waals surface area contributed by atoms with Gasteiger partial charge in [-0.05, 0) is 39.3 Å². The van der Waals surface area contributed by atoms with Gasteiger partial charge in [-0.1, -0.05) is 18.2 Å². The summed E-state index contributed by atoms with van der Waals surface area (Å²) < 4.78 is 0. The Morgan fingerprint density at radius 2 is 1.66 bits per heavy atom. The van der Waals surface area contributed by atoms with Gasteiger partial charge >= 0.3 is 5.97 Å². The molecule has 0 aliphatic carbocycles. The van der Waals surface area contributed by atoms with Crippen LogP contribution in [0.4, 0.5) is 0 Å². The number of hydrogen-bond acceptors (Lipinski definition) is 6. The van der Waals surface area contributed by atoms with E-state index in [2.05, 4.69) is 15.6 Å². The van der Waals surface area contributed by atoms with Gasteiger partial charge in [-0.2, -0.15) is 0 Å². The minimum Gasteiger partial charge on any atom is -0.480 e. The highest BCUT2D eigenvalue weighted by Crippen LogP contribution is 2.20. The van der Waals surface area contributed by atoms with Gasteiger partial charge in [-0.15, -0.1) is 0 Å². The SMILES string of the molecule is CC(C)(N)C(NC(=O)C(Cc1c[nH]c2ccccc12)NC(=O)CC(N)C(=O)O)C(C)(C)N. The van der Waals surface area contributed by atoms with Crippen LogP contribution in [0.3, 0.4) is 0 Å². The van der Waals surface area contributed by atoms with Crippen LogP contribution in [0.5, 0.6) is 0 Å². The predicted octanol–water partition coefficient (Wildman–Crippen LogP) is -0.0434. The average molecular weight is 447 g/mol. The third-order valence-corrected chi connectivity index (χ3v) is 5.25. The van der Waals surface area contributed by atoms with E-state index in [1.807, 2.05) is 24.3 Å². The number of rotatable bonds is 10. The van der Waals surface area contributed by atoms with Crippen molar-refractivity contribution in [3.8, 4) is 0 Å². The summed E-state index contributed by atoms with van der Waals surface area (Å²) in [6.07, 6.45) is 1.49. The molecule has 0 aliphatic heterocycles. The van der Waals surface area contributed by atoms with E-state index in [9.17, 15) is 14.4 Å². The maximum Gasteiger partial charge on any atom is 0.321 e. The number of nitrogens with one attached hydrogen (secondary N) is 3. The molecular formula is C22H34N6O4. The molecule has 0 radical (unpaired) electrons. The van der Waals surface area contributed by atoms with Crippen molar-refractivity contribution in [3.63, 3.8) is 0 Å². The number of H-pyrrole nitrogens is 1. The van der Waals surface area contributed by atoms with Crippen LogP contribution < -0.4 is 27.8 Å². The van der Waals surface area contributed by atoms with Crippen LogP contribution in [0.25, 0.3) is 10.9 Å². The third-order valence-electron chi connectivity index (χ3n) is 5.25. The van der Waals surface area contributed by atoms with Gasteiger partial charge in [0.2, 0.25) is 11.8 Å². The Morgan fingerprint density at radius 3 is 2.22 bits per heavy atom. The van der Waals surface area contributed by atoms with Gasteiger partial charge < -0.3 is 37.9 Å². The van der Waals surface area contributed by atoms with Crippen molar-refractivity contribution in [3.05, 3.63) is 36.0 Å². The Hall–Kier alpha value is -2.95. The van der Waals surface area contributed by atoms with Gasteiger partial charge in [0, 0.05) is 34.6 Å². The normalized spacial score (nSPS) is 14.2. The van der Waals surface area contributed by atoms with Crippen molar-refractivity contribution in [2.24, 2.45) is 17.2 Å². The Morgan fingerprint density at radius 1 is 1.06 bits per heavy atom. The lowest BCUT2D eigenvalue weighted by molar-refractivity contribution is -0.140. The molecule has 2 atom stereocenters. The molecule has 2 rings (SSSR count). The summed E-state index contributed by atoms with van der Waals surface area (Å²) in [6.45, 7) is 7.02. The minimum atomic E-state index is -1.37. The van der Waals surface area contributed by atoms with Crippen LogP contribution in [-0.4, -0.2) is 57.1 Å². The maximum absolute atomic E-state index is 13.3. The zero-order valence-corrected chi connectivity index (χ0v) is 18.9. The lowest BCUT2D eigenvalue weighted by Gasteiger charge is -2.41. The van der Waals surface area contributed by atoms with Crippen LogP contribution in [0.1, 0.15) is 39.7 Å². The van der Waals surface area contributed by atoms with Gasteiger partial charge in [0.25, 0.3) is 0 Å². The third kappa shape index (κ3) is 6.52. The van der Waals surface area contributed by atoms with Gasteiger partial charge in [0.1, 0.15) is 12.1 Å². The Balaban J connectivity index is 2.31. The van der Waals surface area contributed by atoms with Crippen molar-refractivity contribution in [1.29, 1.82) is 0 Å². The van der Waals surface area contributed by atoms with Gasteiger partial charge in [-0.25, -0.2) is 0 Å². The number of carbonyl (C=O) groups is 3. The van der Waals surface area contributed by atoms with Gasteiger partial charge in [0.15, 0.2) is 0 Å². The van der Waals surface area contributed by atoms with Gasteiger partial charge in [0.05, 0.1) is 12.5 Å². The molecule has 0 fully saturated rings. The fraction of sp³-hybridized carbons (Fsp3) is 0.500. The van der Waals surface area contributed by atoms with Crippen molar-refractivity contribution < 1.29 is 19.5 Å². The lowest BCUT2D eigenvalue weighted by Crippen LogP contribution is -2.68. The quantitative estimate of drug-likeness (QED) is 0.266. The Bertz CT molecular complexity index is 959. The van der Waals surface area contributed by atoms with Crippen LogP contribution in [-0.2, 0) is 20.8 Å². The summed E-state index contributed by atoms with van der Waals surface area (Å²) in [5.41, 5.74) is 18.0. The summed E-state index contributed by atoms with van der Waals surface area (Å²) in [7, 11) is 0. The number of carbonyl (C=O) groups excluding carboxylic acids is 2. The van der Waals surface area contributed by atoms with Crippen molar-refractivity contribution >= 4 is 28.7 Å². The fourth-order valence-electron chi connectivity index (χ4n) is 3.84. The minimum absolute atomic E-state index is 0.173. The van der Waals surface area contributed by atoms with Crippen molar-refractivity contribution in [2.45, 2.75) is 69.7 Å². The molecule has 2 aromatic rings. The summed E-state index contributed by atoms with van der Waals surface area (Å²) in [4.78, 5) is 39.9. The van der Waals surface area contributed by atoms with E-state index >= 15 is 0 Å². The number of aliphatic carboxylic acids is 1. The second-order valence-electron chi connectivity index (χ2n) is 9.42. The Labute approximate surface area is 187 Å². The van der Waals surface area contributed by atoms with Crippen LogP contribution in [0, 0.1) is 0 Å². The number of amides is 2. The zero-order valence-electron chi connectivity index (χ0n) is 18.9. The first-order chi connectivity index (χ1) is 14.7. The molecule has 0 spiro atoms. The molecule has 0 saturated heterocycles. The molecule has 10 heteroatoms. The molecule has 2 amide bonds. The Kier molecular flexibility index (Phi) is 7.66. The number of fused-ring (bicyclic) bond motifs is 1. The highest BCUT2D eigenvalue weighted by atomic mass is 16.4. The number of para-hydroxylation sites is 1. The first-order valence-corrected chi connectivity index (χ1v) is 10.4. The van der Waals surface area contributed by atoms with Crippen LogP contribution >= 0.6 is 0 Å². The van der Waals surface area contributed by atoms with E-state index < -0.39 is 53.4 Å². The molecule has 1 heterocycles. The smallest absolute Gasteiger partial charge is 0.321 e. The number of nitrogens with two attached hydrogens (primary N) is 3. The fourth-order valence-corrected chi connectivity index (χ4v) is 3.84. The predicted molar refractivity (Wildman–Crippen MR) is 123 cm³/mol. The van der Waals surface area contributed by atoms with Gasteiger partial charge in [-0.3, -0.25) is 14.4 Å². The zero-order chi connectivity index (χ0) is 24.3. The highest BCUT2D eigenvalue weighted by Gasteiger charge is 2.38. The number of carboxylic acid groups (broad SMARTS) is 1. The molecule has 2 unspecified atom stereocenters. The van der Waals surface area contributed by atoms with E-state index in [0.717, 1.165) is 16.5 Å². The molecule has 176 valence electrons. The number of benzene rings is 1. The van der Waals surface area contributed by atoms with E-state index in [-0.39, 0.29) is 6.42 Å². The summed E-state index contributed by atoms with van der Waals surface area (Å²) in [5, 5.41) is 15.4. The van der Waals surface area contributed by atoms with Crippen LogP contribution in [0.15, 0.2) is 30.5 Å². The molecule has 0 saturated carbocycles. The average Bonchev–Trinajstić information content (AvgIpc) is 3.06. The van der Waals surface area contributed by atoms with Crippen LogP contribution in [0.2, 0.25) is 0 Å². The summed E-state index contributed by atoms with van der Waals surface area (Å²) in [5.74, 6) is -2.42. The topological polar surface area (TPSA) is 189 Å². The highest BCUT2D eigenvalue weighted by molar-refractivity contribution is 5.91. The van der Waals surface area contributed by atoms with E-state index in [1.54, 1.807) is 33.9 Å². The van der Waals surface area contributed by atoms with E-state index in [1.165, 1.54) is 0 Å². The molecule has 1 aromatic carbocycles. The first-order valence-electron chi connectivity index (χ1n) is 10.4. The standard InChI is InChI=1S/C22H34N6O4/c1-21(2,24)20(22(3,4)25)28-18(30)16(27-17(29)10-14(23)19(31)32)9-12-11-26-15-8-6-5-7-13(12)15/h5-8,11,14,16,20,26H,9-10,23-25H2,1-4H3,(H,27,29)(H,28,30)(H,31,32). The van der Waals surface area contributed by atoms with E-state index in [4.69, 9.17) is 22.3 Å². The molecule has 0 bridgehead atoms. The summed E-state index contributed by atoms with van der Waals surface area (Å²) >= 11 is 0. The molecular weight excluding hydrogens is 412 g/mol. The molecule has 1 aromatic heterocycles. The second-order valence-corrected chi connectivity index (χ2v) is 9.42. The van der Waals surface area contributed by atoms with Crippen molar-refractivity contribution in [2.75, 3.05) is 0 Å². The maximum atomic E-state index is 13.3. The molecule has 32 heavy (non-hydrogen) atoms.